The van der Waals surface area contributed by atoms with E-state index in [2.05, 4.69) is 5.32 Å². The third kappa shape index (κ3) is 2.13. The molecule has 4 nitrogen and oxygen atoms in total. The Bertz CT molecular complexity index is 676. The van der Waals surface area contributed by atoms with Gasteiger partial charge in [-0.2, -0.15) is 0 Å². The van der Waals surface area contributed by atoms with Gasteiger partial charge in [-0.25, -0.2) is 9.69 Å². The summed E-state index contributed by atoms with van der Waals surface area (Å²) in [5.41, 5.74) is 0.653. The van der Waals surface area contributed by atoms with Crippen LogP contribution in [0.1, 0.15) is 13.3 Å². The van der Waals surface area contributed by atoms with Crippen molar-refractivity contribution in [2.45, 2.75) is 13.3 Å². The molecule has 2 aromatic rings. The van der Waals surface area contributed by atoms with E-state index in [1.165, 1.54) is 4.90 Å². The van der Waals surface area contributed by atoms with E-state index >= 15 is 0 Å². The zero-order chi connectivity index (χ0) is 14.1. The Balaban J connectivity index is 2.13. The van der Waals surface area contributed by atoms with Crippen LogP contribution in [-0.2, 0) is 4.79 Å². The number of benzene rings is 2. The summed E-state index contributed by atoms with van der Waals surface area (Å²) in [6.07, 6.45) is 0.377. The van der Waals surface area contributed by atoms with Crippen LogP contribution in [0.15, 0.2) is 42.5 Å². The van der Waals surface area contributed by atoms with Gasteiger partial charge in [0.05, 0.1) is 5.69 Å². The van der Waals surface area contributed by atoms with Crippen molar-refractivity contribution in [3.8, 4) is 0 Å². The maximum atomic E-state index is 12.3. The molecular formula is C16H16N2O2. The first kappa shape index (κ1) is 12.7. The molecule has 1 saturated heterocycles. The molecular weight excluding hydrogens is 252 g/mol. The van der Waals surface area contributed by atoms with Gasteiger partial charge in [-0.05, 0) is 17.4 Å². The number of fused-ring (bicyclic) bond motifs is 1. The zero-order valence-corrected chi connectivity index (χ0v) is 11.3. The van der Waals surface area contributed by atoms with Crippen LogP contribution >= 0.6 is 0 Å². The second-order valence-corrected chi connectivity index (χ2v) is 5.22. The Hall–Kier alpha value is -2.36. The molecule has 0 radical (unpaired) electrons. The van der Waals surface area contributed by atoms with Crippen LogP contribution in [0.4, 0.5) is 10.5 Å². The van der Waals surface area contributed by atoms with Crippen molar-refractivity contribution in [2.24, 2.45) is 5.92 Å². The van der Waals surface area contributed by atoms with Crippen LogP contribution in [0.25, 0.3) is 10.8 Å². The highest BCUT2D eigenvalue weighted by molar-refractivity contribution is 6.18. The second kappa shape index (κ2) is 4.96. The van der Waals surface area contributed by atoms with Crippen molar-refractivity contribution in [3.63, 3.8) is 0 Å². The zero-order valence-electron chi connectivity index (χ0n) is 11.3. The number of carbonyl (C=O) groups excluding carboxylic acids is 2. The summed E-state index contributed by atoms with van der Waals surface area (Å²) in [6.45, 7) is 2.50. The Kier molecular flexibility index (Phi) is 3.14. The molecule has 3 amide bonds. The first-order valence-corrected chi connectivity index (χ1v) is 6.75. The number of nitrogens with one attached hydrogen (secondary N) is 1. The number of carbonyl (C=O) groups is 2. The molecule has 102 valence electrons. The van der Waals surface area contributed by atoms with E-state index in [-0.39, 0.29) is 17.9 Å². The fourth-order valence-corrected chi connectivity index (χ4v) is 2.56. The molecule has 0 aliphatic carbocycles. The minimum Gasteiger partial charge on any atom is -0.337 e. The summed E-state index contributed by atoms with van der Waals surface area (Å²) in [6, 6.07) is 13.1. The van der Waals surface area contributed by atoms with E-state index in [0.29, 0.717) is 18.7 Å². The standard InChI is InChI=1S/C16H16N2O2/c1-11-9-15(19)18(16(20)17-10-11)14-8-4-6-12-5-2-3-7-13(12)14/h2-8,11H,9-10H2,1H3,(H,17,20). The number of anilines is 1. The molecule has 0 aromatic heterocycles. The van der Waals surface area contributed by atoms with Crippen LogP contribution in [-0.4, -0.2) is 18.5 Å². The van der Waals surface area contributed by atoms with Crippen LogP contribution in [0, 0.1) is 5.92 Å². The second-order valence-electron chi connectivity index (χ2n) is 5.22. The molecule has 1 aliphatic heterocycles. The molecule has 0 spiro atoms. The molecule has 3 rings (SSSR count). The summed E-state index contributed by atoms with van der Waals surface area (Å²) in [5, 5.41) is 4.73. The smallest absolute Gasteiger partial charge is 0.328 e. The van der Waals surface area contributed by atoms with Crippen molar-refractivity contribution in [1.82, 2.24) is 5.32 Å². The highest BCUT2D eigenvalue weighted by Crippen LogP contribution is 2.28. The fourth-order valence-electron chi connectivity index (χ4n) is 2.56. The van der Waals surface area contributed by atoms with Crippen LogP contribution < -0.4 is 10.2 Å². The lowest BCUT2D eigenvalue weighted by atomic mass is 10.1. The van der Waals surface area contributed by atoms with E-state index in [9.17, 15) is 9.59 Å². The van der Waals surface area contributed by atoms with E-state index in [0.717, 1.165) is 10.8 Å². The summed E-state index contributed by atoms with van der Waals surface area (Å²) >= 11 is 0. The lowest BCUT2D eigenvalue weighted by Crippen LogP contribution is -2.41. The van der Waals surface area contributed by atoms with Gasteiger partial charge in [-0.3, -0.25) is 4.79 Å². The van der Waals surface area contributed by atoms with E-state index < -0.39 is 0 Å². The first-order chi connectivity index (χ1) is 9.66. The number of nitrogens with zero attached hydrogens (tertiary/aromatic N) is 1. The molecule has 2 aromatic carbocycles. The molecule has 4 heteroatoms. The van der Waals surface area contributed by atoms with E-state index in [1.807, 2.05) is 49.4 Å². The maximum Gasteiger partial charge on any atom is 0.328 e. The summed E-state index contributed by atoms with van der Waals surface area (Å²) < 4.78 is 0. The highest BCUT2D eigenvalue weighted by Gasteiger charge is 2.29. The number of rotatable bonds is 1. The van der Waals surface area contributed by atoms with Gasteiger partial charge in [-0.15, -0.1) is 0 Å². The predicted molar refractivity (Wildman–Crippen MR) is 78.6 cm³/mol. The molecule has 0 bridgehead atoms. The van der Waals surface area contributed by atoms with Crippen molar-refractivity contribution in [2.75, 3.05) is 11.4 Å². The van der Waals surface area contributed by atoms with Crippen molar-refractivity contribution >= 4 is 28.4 Å². The van der Waals surface area contributed by atoms with Gasteiger partial charge in [0.2, 0.25) is 5.91 Å². The first-order valence-electron chi connectivity index (χ1n) is 6.75. The summed E-state index contributed by atoms with van der Waals surface area (Å²) in [4.78, 5) is 25.8. The average Bonchev–Trinajstić information content (AvgIpc) is 2.57. The predicted octanol–water partition coefficient (Wildman–Crippen LogP) is 2.92. The Morgan fingerprint density at radius 1 is 1.10 bits per heavy atom. The number of hydrogen-bond acceptors (Lipinski definition) is 2. The minimum absolute atomic E-state index is 0.149. The summed E-state index contributed by atoms with van der Waals surface area (Å²) in [7, 11) is 0. The molecule has 0 saturated carbocycles. The number of hydrogen-bond donors (Lipinski definition) is 1. The monoisotopic (exact) mass is 268 g/mol. The maximum absolute atomic E-state index is 12.3. The van der Waals surface area contributed by atoms with E-state index in [4.69, 9.17) is 0 Å². The number of urea groups is 1. The third-order valence-corrected chi connectivity index (χ3v) is 3.58. The molecule has 1 fully saturated rings. The minimum atomic E-state index is -0.337. The number of amides is 3. The lowest BCUT2D eigenvalue weighted by molar-refractivity contribution is -0.118. The van der Waals surface area contributed by atoms with Gasteiger partial charge >= 0.3 is 6.03 Å². The van der Waals surface area contributed by atoms with Crippen LogP contribution in [0.3, 0.4) is 0 Å². The molecule has 1 atom stereocenters. The quantitative estimate of drug-likeness (QED) is 0.864. The van der Waals surface area contributed by atoms with Crippen molar-refractivity contribution in [3.05, 3.63) is 42.5 Å². The van der Waals surface area contributed by atoms with Crippen molar-refractivity contribution in [1.29, 1.82) is 0 Å². The Morgan fingerprint density at radius 2 is 1.85 bits per heavy atom. The molecule has 1 unspecified atom stereocenters. The molecule has 1 N–H and O–H groups in total. The van der Waals surface area contributed by atoms with Crippen molar-refractivity contribution < 1.29 is 9.59 Å². The highest BCUT2D eigenvalue weighted by atomic mass is 16.2. The Morgan fingerprint density at radius 3 is 2.70 bits per heavy atom. The van der Waals surface area contributed by atoms with Crippen LogP contribution in [0.5, 0.6) is 0 Å². The fraction of sp³-hybridized carbons (Fsp3) is 0.250. The summed E-state index contributed by atoms with van der Waals surface area (Å²) in [5.74, 6) is 0.00952. The van der Waals surface area contributed by atoms with Gasteiger partial charge in [0, 0.05) is 18.4 Å². The third-order valence-electron chi connectivity index (χ3n) is 3.58. The largest absolute Gasteiger partial charge is 0.337 e. The number of imide groups is 1. The van der Waals surface area contributed by atoms with E-state index in [1.54, 1.807) is 0 Å². The molecule has 20 heavy (non-hydrogen) atoms. The SMILES string of the molecule is CC1CNC(=O)N(c2cccc3ccccc23)C(=O)C1. The normalized spacial score (nSPS) is 19.9. The Labute approximate surface area is 117 Å². The molecule has 1 aliphatic rings. The van der Waals surface area contributed by atoms with Crippen LogP contribution in [0.2, 0.25) is 0 Å². The van der Waals surface area contributed by atoms with Gasteiger partial charge < -0.3 is 5.32 Å². The molecule has 1 heterocycles. The average molecular weight is 268 g/mol. The van der Waals surface area contributed by atoms with Gasteiger partial charge in [0.25, 0.3) is 0 Å². The van der Waals surface area contributed by atoms with Gasteiger partial charge in [-0.1, -0.05) is 43.3 Å². The van der Waals surface area contributed by atoms with Gasteiger partial charge in [0.1, 0.15) is 0 Å². The topological polar surface area (TPSA) is 49.4 Å². The lowest BCUT2D eigenvalue weighted by Gasteiger charge is -2.20. The van der Waals surface area contributed by atoms with Gasteiger partial charge in [0.15, 0.2) is 0 Å².